The average Bonchev–Trinajstić information content (AvgIpc) is 3.37. The molecule has 3 aliphatic heterocycles. The maximum absolute atomic E-state index is 14.6. The summed E-state index contributed by atoms with van der Waals surface area (Å²) in [5, 5.41) is 34.4. The molecule has 15 atom stereocenters. The first kappa shape index (κ1) is 58.7. The Morgan fingerprint density at radius 1 is 0.847 bits per heavy atom. The van der Waals surface area contributed by atoms with E-state index < -0.39 is 65.9 Å². The van der Waals surface area contributed by atoms with E-state index in [1.54, 1.807) is 28.1 Å². The van der Waals surface area contributed by atoms with Gasteiger partial charge in [-0.1, -0.05) is 82.7 Å². The van der Waals surface area contributed by atoms with Crippen molar-refractivity contribution in [3.05, 3.63) is 71.9 Å². The number of carbonyl (C=O) groups excluding carboxylic acids is 4. The highest BCUT2D eigenvalue weighted by atomic mass is 16.6. The molecule has 0 radical (unpaired) electrons. The van der Waals surface area contributed by atoms with E-state index in [0.717, 1.165) is 17.7 Å². The number of hydrogen-bond acceptors (Lipinski definition) is 13. The van der Waals surface area contributed by atoms with E-state index in [0.29, 0.717) is 88.4 Å². The van der Waals surface area contributed by atoms with Gasteiger partial charge in [-0.15, -0.1) is 0 Å². The number of rotatable bonds is 8. The predicted molar refractivity (Wildman–Crippen MR) is 279 cm³/mol. The minimum Gasteiger partial charge on any atom is -0.497 e. The molecule has 0 spiro atoms. The fourth-order valence-electron chi connectivity index (χ4n) is 11.5. The van der Waals surface area contributed by atoms with Crippen LogP contribution in [0.1, 0.15) is 132 Å². The maximum Gasteiger partial charge on any atom is 0.329 e. The van der Waals surface area contributed by atoms with Gasteiger partial charge in [0.2, 0.25) is 5.79 Å². The number of anilines is 1. The molecule has 3 N–H and O–H groups in total. The Morgan fingerprint density at radius 3 is 2.31 bits per heavy atom. The Labute approximate surface area is 430 Å². The molecule has 2 saturated heterocycles. The molecule has 1 amide bonds. The zero-order chi connectivity index (χ0) is 52.9. The summed E-state index contributed by atoms with van der Waals surface area (Å²) in [5.74, 6) is -5.55. The zero-order valence-corrected chi connectivity index (χ0v) is 45.2. The molecule has 3 fully saturated rings. The lowest BCUT2D eigenvalue weighted by atomic mass is 9.78. The molecular weight excluding hydrogens is 917 g/mol. The summed E-state index contributed by atoms with van der Waals surface area (Å²) in [5.41, 5.74) is 2.48. The number of hydrogen-bond donors (Lipinski definition) is 3. The van der Waals surface area contributed by atoms with Gasteiger partial charge in [-0.05, 0) is 139 Å². The monoisotopic (exact) mass is 1000 g/mol. The van der Waals surface area contributed by atoms with Gasteiger partial charge in [0, 0.05) is 51.4 Å². The number of aliphatic hydroxyl groups excluding tert-OH is 2. The molecule has 1 aliphatic carbocycles. The summed E-state index contributed by atoms with van der Waals surface area (Å²) in [6.07, 6.45) is 15.0. The number of Topliss-reactive ketones (excluding diaryl/α,β-unsaturated/α-hetero) is 2. The minimum atomic E-state index is -2.42. The Balaban J connectivity index is 1.50. The van der Waals surface area contributed by atoms with Crippen molar-refractivity contribution in [2.45, 2.75) is 186 Å². The van der Waals surface area contributed by atoms with Crippen LogP contribution in [0.4, 0.5) is 5.69 Å². The highest BCUT2D eigenvalue weighted by Gasteiger charge is 2.53. The lowest BCUT2D eigenvalue weighted by Crippen LogP contribution is -2.61. The number of esters is 1. The van der Waals surface area contributed by atoms with Crippen LogP contribution in [-0.4, -0.2) is 133 Å². The summed E-state index contributed by atoms with van der Waals surface area (Å²) in [4.78, 5) is 60.9. The highest BCUT2D eigenvalue weighted by Crippen LogP contribution is 2.39. The van der Waals surface area contributed by atoms with Crippen LogP contribution >= 0.6 is 0 Å². The highest BCUT2D eigenvalue weighted by molar-refractivity contribution is 6.39. The largest absolute Gasteiger partial charge is 0.497 e. The number of amides is 1. The van der Waals surface area contributed by atoms with Crippen molar-refractivity contribution < 1.29 is 58.2 Å². The quantitative estimate of drug-likeness (QED) is 0.128. The minimum absolute atomic E-state index is 0.0449. The number of allylic oxidation sites excluding steroid dienone is 6. The number of nitrogens with zero attached hydrogens (tertiary/aromatic N) is 2. The molecule has 1 aromatic rings. The first-order valence-corrected chi connectivity index (χ1v) is 26.7. The zero-order valence-electron chi connectivity index (χ0n) is 45.2. The van der Waals surface area contributed by atoms with E-state index in [1.807, 2.05) is 82.5 Å². The second-order valence-corrected chi connectivity index (χ2v) is 21.8. The number of aliphatic hydroxyl groups is 3. The van der Waals surface area contributed by atoms with Crippen LogP contribution in [-0.2, 0) is 38.1 Å². The molecule has 2 bridgehead atoms. The van der Waals surface area contributed by atoms with Crippen LogP contribution in [0.15, 0.2) is 71.9 Å². The van der Waals surface area contributed by atoms with Crippen LogP contribution in [0.2, 0.25) is 0 Å². The smallest absolute Gasteiger partial charge is 0.329 e. The number of benzene rings is 1. The maximum atomic E-state index is 14.6. The summed E-state index contributed by atoms with van der Waals surface area (Å²) in [7, 11) is 6.65. The van der Waals surface area contributed by atoms with Crippen LogP contribution in [0, 0.1) is 35.5 Å². The number of piperidine rings is 1. The summed E-state index contributed by atoms with van der Waals surface area (Å²) in [6, 6.07) is 6.42. The van der Waals surface area contributed by atoms with Crippen molar-refractivity contribution in [3.8, 4) is 5.75 Å². The van der Waals surface area contributed by atoms with Crippen molar-refractivity contribution in [2.24, 2.45) is 35.5 Å². The number of ether oxygens (including phenoxy) is 5. The Kier molecular flexibility index (Phi) is 22.3. The first-order chi connectivity index (χ1) is 34.2. The molecule has 14 nitrogen and oxygen atoms in total. The van der Waals surface area contributed by atoms with Gasteiger partial charge in [0.15, 0.2) is 5.78 Å². The molecule has 5 rings (SSSR count). The normalized spacial score (nSPS) is 37.5. The van der Waals surface area contributed by atoms with Crippen molar-refractivity contribution in [3.63, 3.8) is 0 Å². The number of cyclic esters (lactones) is 1. The molecule has 1 saturated carbocycles. The van der Waals surface area contributed by atoms with Crippen molar-refractivity contribution in [1.29, 1.82) is 0 Å². The van der Waals surface area contributed by atoms with Gasteiger partial charge in [0.05, 0.1) is 31.5 Å². The predicted octanol–water partition coefficient (Wildman–Crippen LogP) is 8.50. The number of fused-ring (bicyclic) bond motifs is 3. The van der Waals surface area contributed by atoms with Gasteiger partial charge in [-0.2, -0.15) is 0 Å². The van der Waals surface area contributed by atoms with Crippen molar-refractivity contribution in [1.82, 2.24) is 4.90 Å². The molecule has 72 heavy (non-hydrogen) atoms. The van der Waals surface area contributed by atoms with Crippen molar-refractivity contribution in [2.75, 3.05) is 39.8 Å². The Hall–Kier alpha value is -4.18. The molecule has 3 heterocycles. The lowest BCUT2D eigenvalue weighted by Gasteiger charge is -2.43. The molecule has 1 aromatic carbocycles. The van der Waals surface area contributed by atoms with Crippen LogP contribution < -0.4 is 9.64 Å². The van der Waals surface area contributed by atoms with E-state index in [4.69, 9.17) is 23.7 Å². The number of likely N-dealkylation sites (N-methyl/N-ethyl adjacent to an activating group) is 1. The van der Waals surface area contributed by atoms with E-state index >= 15 is 0 Å². The van der Waals surface area contributed by atoms with E-state index in [9.17, 15) is 34.5 Å². The van der Waals surface area contributed by atoms with E-state index in [2.05, 4.69) is 24.8 Å². The topological polar surface area (TPSA) is 182 Å². The molecule has 0 aromatic heterocycles. The summed E-state index contributed by atoms with van der Waals surface area (Å²) < 4.78 is 29.8. The second kappa shape index (κ2) is 27.4. The van der Waals surface area contributed by atoms with Gasteiger partial charge >= 0.3 is 5.97 Å². The summed E-state index contributed by atoms with van der Waals surface area (Å²) >= 11 is 0. The van der Waals surface area contributed by atoms with Gasteiger partial charge in [-0.25, -0.2) is 4.79 Å². The molecule has 0 unspecified atom stereocenters. The van der Waals surface area contributed by atoms with Crippen LogP contribution in [0.5, 0.6) is 5.75 Å². The molecule has 14 heteroatoms. The molecule has 402 valence electrons. The van der Waals surface area contributed by atoms with E-state index in [1.165, 1.54) is 12.0 Å². The third-order valence-electron chi connectivity index (χ3n) is 16.2. The van der Waals surface area contributed by atoms with Gasteiger partial charge in [0.25, 0.3) is 11.7 Å². The fraction of sp³-hybridized carbons (Fsp3) is 0.690. The number of methoxy groups -OCH3 is 3. The average molecular weight is 1010 g/mol. The van der Waals surface area contributed by atoms with Crippen LogP contribution in [0.25, 0.3) is 0 Å². The SMILES string of the molecule is COc1cccc(N(C)[C@@H]2C[C@@H]3CC[C@@H](C)[C@@](O)(O3)C(=O)C(=O)N3CCCC[C@H]3C(=O)O[C@H]([C@H](C)C[C@H]3CC[C@@H](O)[C@H](OC)C3)CC[C@H](C)/C=C(\C)[C@@H](O)[C@@H](OC)C(=O)[C@H](C)C[C@H](C)/C=C/C=C/C=C/2C)c1. The van der Waals surface area contributed by atoms with Crippen molar-refractivity contribution >= 4 is 29.1 Å². The first-order valence-electron chi connectivity index (χ1n) is 26.7. The Bertz CT molecular complexity index is 2090. The third kappa shape index (κ3) is 15.2. The summed E-state index contributed by atoms with van der Waals surface area (Å²) in [6.45, 7) is 13.7. The Morgan fingerprint density at radius 2 is 1.60 bits per heavy atom. The fourth-order valence-corrected chi connectivity index (χ4v) is 11.5. The second-order valence-electron chi connectivity index (χ2n) is 21.8. The van der Waals surface area contributed by atoms with Gasteiger partial charge in [-0.3, -0.25) is 14.4 Å². The third-order valence-corrected chi connectivity index (χ3v) is 16.2. The van der Waals surface area contributed by atoms with Gasteiger partial charge < -0.3 is 48.8 Å². The standard InChI is InChI=1S/C58H88N2O12/c1-36-18-13-12-14-19-38(3)48(59(8)44-20-17-21-45(34-44)68-9)35-46-26-24-42(7)58(67,72-46)55(64)56(65)60-29-16-15-22-47(60)57(66)71-50(39(4)32-43-25-27-49(61)51(33-43)69-10)28-23-37(2)31-41(6)53(63)54(70-11)52(62)40(5)30-36/h12-14,17-21,31,34,36-37,39-40,42-43,46-51,53-54,61,63,67H,15-16,22-30,32-33,35H2,1-11H3/b14-12+,18-13+,38-19+,41-31+/t36-,37+,39-,40-,42-,43-,46+,47+,48-,49-,50+,51-,53-,54+,58-/m1/s1. The van der Waals surface area contributed by atoms with E-state index in [-0.39, 0.29) is 54.1 Å². The molecule has 4 aliphatic rings. The number of ketones is 2. The number of carbonyl (C=O) groups is 4. The lowest BCUT2D eigenvalue weighted by molar-refractivity contribution is -0.263. The van der Waals surface area contributed by atoms with Gasteiger partial charge in [0.1, 0.15) is 30.1 Å². The van der Waals surface area contributed by atoms with Crippen LogP contribution in [0.3, 0.4) is 0 Å². The molecular formula is C58H88N2O12.